The first-order valence-corrected chi connectivity index (χ1v) is 22.0. The average molecular weight is 758 g/mol. The molecule has 1 N–H and O–H groups in total. The number of carbonyl (C=O) groups excluding carboxylic acids is 2. The molecule has 4 heterocycles. The second-order valence-electron chi connectivity index (χ2n) is 16.8. The number of nitrogens with one attached hydrogen (secondary N) is 1. The Morgan fingerprint density at radius 2 is 1.67 bits per heavy atom. The summed E-state index contributed by atoms with van der Waals surface area (Å²) in [5.74, 6) is 0.862. The van der Waals surface area contributed by atoms with Crippen LogP contribution in [0.3, 0.4) is 0 Å². The maximum Gasteiger partial charge on any atom is 0.264 e. The molecule has 2 aromatic carbocycles. The minimum Gasteiger partial charge on any atom is -0.497 e. The van der Waals surface area contributed by atoms with E-state index >= 15 is 4.79 Å². The van der Waals surface area contributed by atoms with Crippen molar-refractivity contribution in [1.82, 2.24) is 24.0 Å². The fourth-order valence-corrected chi connectivity index (χ4v) is 11.4. The number of sulfonamides is 1. The third-order valence-electron chi connectivity index (χ3n) is 13.3. The van der Waals surface area contributed by atoms with Crippen LogP contribution in [-0.2, 0) is 26.1 Å². The van der Waals surface area contributed by atoms with Gasteiger partial charge in [0.1, 0.15) is 5.75 Å². The maximum absolute atomic E-state index is 15.1. The number of rotatable bonds is 10. The van der Waals surface area contributed by atoms with Crippen LogP contribution < -0.4 is 9.46 Å². The summed E-state index contributed by atoms with van der Waals surface area (Å²) < 4.78 is 41.6. The average Bonchev–Trinajstić information content (AvgIpc) is 4.12. The summed E-state index contributed by atoms with van der Waals surface area (Å²) in [5.41, 5.74) is 5.41. The molecular weight excluding hydrogens is 703 g/mol. The maximum atomic E-state index is 15.1. The van der Waals surface area contributed by atoms with E-state index in [2.05, 4.69) is 36.1 Å². The number of methoxy groups -OCH3 is 1. The van der Waals surface area contributed by atoms with E-state index < -0.39 is 26.6 Å². The zero-order chi connectivity index (χ0) is 37.0. The smallest absolute Gasteiger partial charge is 0.264 e. The minimum absolute atomic E-state index is 0.0623. The van der Waals surface area contributed by atoms with Gasteiger partial charge in [0.2, 0.25) is 15.9 Å². The number of morpholine rings is 1. The van der Waals surface area contributed by atoms with Gasteiger partial charge in [0.25, 0.3) is 5.91 Å². The fraction of sp³-hybridized carbons (Fsp3) is 0.619. The molecule has 0 radical (unpaired) electrons. The number of hydrogen-bond acceptors (Lipinski definition) is 8. The molecular formula is C42H55N5O6S. The van der Waals surface area contributed by atoms with Gasteiger partial charge in [-0.25, -0.2) is 13.1 Å². The third kappa shape index (κ3) is 6.75. The Kier molecular flexibility index (Phi) is 9.76. The van der Waals surface area contributed by atoms with Gasteiger partial charge < -0.3 is 23.8 Å². The predicted octanol–water partition coefficient (Wildman–Crippen LogP) is 5.33. The van der Waals surface area contributed by atoms with E-state index in [0.717, 1.165) is 126 Å². The van der Waals surface area contributed by atoms with Gasteiger partial charge >= 0.3 is 0 Å². The lowest BCUT2D eigenvalue weighted by molar-refractivity contribution is -0.137. The highest BCUT2D eigenvalue weighted by atomic mass is 32.2. The lowest BCUT2D eigenvalue weighted by Crippen LogP contribution is -2.42. The lowest BCUT2D eigenvalue weighted by Gasteiger charge is -2.29. The van der Waals surface area contributed by atoms with E-state index in [9.17, 15) is 13.2 Å². The highest BCUT2D eigenvalue weighted by molar-refractivity contribution is 7.91. The van der Waals surface area contributed by atoms with Crippen LogP contribution in [-0.4, -0.2) is 117 Å². The summed E-state index contributed by atoms with van der Waals surface area (Å²) in [6, 6.07) is 12.1. The zero-order valence-corrected chi connectivity index (χ0v) is 32.5. The van der Waals surface area contributed by atoms with Gasteiger partial charge in [0.05, 0.1) is 36.7 Å². The monoisotopic (exact) mass is 757 g/mol. The van der Waals surface area contributed by atoms with E-state index in [1.807, 2.05) is 18.2 Å². The molecule has 54 heavy (non-hydrogen) atoms. The first-order chi connectivity index (χ1) is 26.3. The molecule has 2 atom stereocenters. The number of amides is 2. The topological polar surface area (TPSA) is 113 Å². The van der Waals surface area contributed by atoms with Crippen LogP contribution in [0.4, 0.5) is 0 Å². The number of hydrogen-bond donors (Lipinski definition) is 1. The number of aromatic nitrogens is 1. The summed E-state index contributed by atoms with van der Waals surface area (Å²) in [6.07, 6.45) is 9.81. The van der Waals surface area contributed by atoms with Crippen molar-refractivity contribution in [2.45, 2.75) is 87.8 Å². The highest BCUT2D eigenvalue weighted by Gasteiger charge is 2.64. The highest BCUT2D eigenvalue weighted by Crippen LogP contribution is 2.66. The normalized spacial score (nSPS) is 25.3. The predicted molar refractivity (Wildman–Crippen MR) is 208 cm³/mol. The Morgan fingerprint density at radius 3 is 2.43 bits per heavy atom. The van der Waals surface area contributed by atoms with Crippen molar-refractivity contribution in [2.75, 3.05) is 72.7 Å². The van der Waals surface area contributed by atoms with Crippen LogP contribution in [0.2, 0.25) is 0 Å². The van der Waals surface area contributed by atoms with Crippen molar-refractivity contribution >= 4 is 32.7 Å². The van der Waals surface area contributed by atoms with Gasteiger partial charge in [0, 0.05) is 67.2 Å². The Balaban J connectivity index is 1.06. The van der Waals surface area contributed by atoms with Gasteiger partial charge in [-0.3, -0.25) is 14.5 Å². The fourth-order valence-electron chi connectivity index (χ4n) is 10.1. The van der Waals surface area contributed by atoms with Crippen molar-refractivity contribution < 1.29 is 27.5 Å². The molecule has 3 aliphatic heterocycles. The van der Waals surface area contributed by atoms with Crippen LogP contribution in [0.1, 0.15) is 97.5 Å². The first kappa shape index (κ1) is 36.2. The summed E-state index contributed by atoms with van der Waals surface area (Å²) in [4.78, 5) is 35.8. The second kappa shape index (κ2) is 14.6. The van der Waals surface area contributed by atoms with Crippen LogP contribution in [0, 0.1) is 5.41 Å². The first-order valence-electron chi connectivity index (χ1n) is 20.5. The SMILES string of the molecule is COc1ccc2c(c1)C1CC1(C(=O)N1CCCN(CCCN3CCOCC3)CC1)Cn1c-2c(C2CCCCC2)c2ccc(C(=O)NS(=O)(=O)C3CC3)cc21. The minimum atomic E-state index is -3.70. The lowest BCUT2D eigenvalue weighted by atomic mass is 9.81. The Morgan fingerprint density at radius 1 is 0.889 bits per heavy atom. The molecule has 2 saturated heterocycles. The molecule has 3 aliphatic carbocycles. The molecule has 1 aromatic heterocycles. The third-order valence-corrected chi connectivity index (χ3v) is 15.2. The van der Waals surface area contributed by atoms with Crippen molar-refractivity contribution in [3.63, 3.8) is 0 Å². The quantitative estimate of drug-likeness (QED) is 0.296. The van der Waals surface area contributed by atoms with Crippen molar-refractivity contribution in [3.05, 3.63) is 53.1 Å². The molecule has 0 bridgehead atoms. The molecule has 9 rings (SSSR count). The molecule has 290 valence electrons. The summed E-state index contributed by atoms with van der Waals surface area (Å²) in [6.45, 7) is 9.69. The van der Waals surface area contributed by atoms with Crippen LogP contribution in [0.25, 0.3) is 22.2 Å². The number of nitrogens with zero attached hydrogens (tertiary/aromatic N) is 4. The number of fused-ring (bicyclic) bond motifs is 7. The van der Waals surface area contributed by atoms with Crippen molar-refractivity contribution in [2.24, 2.45) is 5.41 Å². The molecule has 0 spiro atoms. The molecule has 3 saturated carbocycles. The zero-order valence-electron chi connectivity index (χ0n) is 31.7. The van der Waals surface area contributed by atoms with Gasteiger partial charge in [-0.05, 0) is 112 Å². The van der Waals surface area contributed by atoms with Crippen LogP contribution in [0.5, 0.6) is 5.75 Å². The molecule has 2 unspecified atom stereocenters. The molecule has 3 aromatic rings. The number of ether oxygens (including phenoxy) is 2. The summed E-state index contributed by atoms with van der Waals surface area (Å²) in [7, 11) is -2.00. The van der Waals surface area contributed by atoms with E-state index in [1.165, 1.54) is 30.4 Å². The van der Waals surface area contributed by atoms with Crippen LogP contribution in [0.15, 0.2) is 36.4 Å². The molecule has 11 nitrogen and oxygen atoms in total. The van der Waals surface area contributed by atoms with Crippen molar-refractivity contribution in [1.29, 1.82) is 0 Å². The summed E-state index contributed by atoms with van der Waals surface area (Å²) in [5, 5.41) is 0.615. The van der Waals surface area contributed by atoms with Gasteiger partial charge in [-0.2, -0.15) is 0 Å². The largest absolute Gasteiger partial charge is 0.497 e. The van der Waals surface area contributed by atoms with Gasteiger partial charge in [-0.15, -0.1) is 0 Å². The number of benzene rings is 2. The van der Waals surface area contributed by atoms with Gasteiger partial charge in [-0.1, -0.05) is 25.3 Å². The molecule has 6 aliphatic rings. The molecule has 12 heteroatoms. The number of carbonyl (C=O) groups is 2. The Labute approximate surface area is 319 Å². The Bertz CT molecular complexity index is 2030. The van der Waals surface area contributed by atoms with Crippen molar-refractivity contribution in [3.8, 4) is 17.0 Å². The van der Waals surface area contributed by atoms with E-state index in [-0.39, 0.29) is 11.8 Å². The molecule has 2 amide bonds. The summed E-state index contributed by atoms with van der Waals surface area (Å²) >= 11 is 0. The standard InChI is InChI=1S/C42H55N5O6S/c1-52-31-10-14-33-35(26-31)36-27-42(36,41(49)46-18-6-17-44(19-20-46)15-5-16-45-21-23-53-24-22-45)28-47-37-25-30(40(48)43-54(50,51)32-11-12-32)9-13-34(37)38(39(33)47)29-7-3-2-4-8-29/h9-10,13-14,25-26,29,32,36H,2-8,11-12,15-24,27-28H2,1H3,(H,43,48). The van der Waals surface area contributed by atoms with Gasteiger partial charge in [0.15, 0.2) is 0 Å². The van der Waals surface area contributed by atoms with Crippen LogP contribution >= 0.6 is 0 Å². The molecule has 5 fully saturated rings. The van der Waals surface area contributed by atoms with E-state index in [4.69, 9.17) is 9.47 Å². The van der Waals surface area contributed by atoms with E-state index in [0.29, 0.717) is 30.9 Å². The Hall–Kier alpha value is -3.45. The second-order valence-corrected chi connectivity index (χ2v) is 18.7. The van der Waals surface area contributed by atoms with E-state index in [1.54, 1.807) is 13.2 Å².